The number of hydrogen-bond acceptors (Lipinski definition) is 18. The molecule has 18 nitrogen and oxygen atoms in total. The lowest BCUT2D eigenvalue weighted by Gasteiger charge is -2.40. The first kappa shape index (κ1) is 40.2. The van der Waals surface area contributed by atoms with E-state index in [-0.39, 0.29) is 0 Å². The van der Waals surface area contributed by atoms with Gasteiger partial charge < -0.3 is 42.6 Å². The van der Waals surface area contributed by atoms with Crippen LogP contribution in [0.3, 0.4) is 0 Å². The fraction of sp³-hybridized carbons (Fsp3) is 0.667. The molecule has 0 aliphatic carbocycles. The molecule has 0 aromatic carbocycles. The molecule has 0 saturated carbocycles. The van der Waals surface area contributed by atoms with Crippen LogP contribution < -0.4 is 0 Å². The standard InChI is InChI=1S/C27H38O18/c1-12(28)37-10-21(39-14(3)30)23(41-16(5)32)25(43-18(7)34)27(45-20(9)36)26(44-19(8)35)24(42-17(6)33)22(40-15(4)31)11-38-13(2)29/h21-27H,10-11H2,1-9H3/t21-,22-,23-,24+,25+,26+,27?/m1/s1. The molecule has 254 valence electrons. The van der Waals surface area contributed by atoms with Gasteiger partial charge in [-0.1, -0.05) is 0 Å². The van der Waals surface area contributed by atoms with Gasteiger partial charge >= 0.3 is 53.7 Å². The number of carbonyl (C=O) groups is 9. The highest BCUT2D eigenvalue weighted by atomic mass is 16.7. The lowest BCUT2D eigenvalue weighted by Crippen LogP contribution is -2.61. The molecule has 0 radical (unpaired) electrons. The topological polar surface area (TPSA) is 237 Å². The Labute approximate surface area is 258 Å². The van der Waals surface area contributed by atoms with Gasteiger partial charge in [0.1, 0.15) is 13.2 Å². The highest BCUT2D eigenvalue weighted by Crippen LogP contribution is 2.28. The van der Waals surface area contributed by atoms with Crippen LogP contribution in [0.25, 0.3) is 0 Å². The van der Waals surface area contributed by atoms with E-state index >= 15 is 0 Å². The van der Waals surface area contributed by atoms with Crippen molar-refractivity contribution in [1.29, 1.82) is 0 Å². The maximum Gasteiger partial charge on any atom is 0.303 e. The smallest absolute Gasteiger partial charge is 0.303 e. The van der Waals surface area contributed by atoms with Gasteiger partial charge in [-0.2, -0.15) is 0 Å². The van der Waals surface area contributed by atoms with Crippen LogP contribution in [0.15, 0.2) is 0 Å². The van der Waals surface area contributed by atoms with Gasteiger partial charge in [0.05, 0.1) is 0 Å². The van der Waals surface area contributed by atoms with E-state index in [9.17, 15) is 43.2 Å². The summed E-state index contributed by atoms with van der Waals surface area (Å²) in [6.45, 7) is 6.84. The van der Waals surface area contributed by atoms with E-state index in [0.717, 1.165) is 62.3 Å². The summed E-state index contributed by atoms with van der Waals surface area (Å²) < 4.78 is 47.0. The molecule has 0 aliphatic rings. The maximum atomic E-state index is 12.4. The molecule has 0 N–H and O–H groups in total. The summed E-state index contributed by atoms with van der Waals surface area (Å²) in [6.07, 6.45) is -13.7. The van der Waals surface area contributed by atoms with Gasteiger partial charge in [-0.15, -0.1) is 0 Å². The first-order valence-corrected chi connectivity index (χ1v) is 13.2. The Morgan fingerprint density at radius 3 is 0.711 bits per heavy atom. The summed E-state index contributed by atoms with van der Waals surface area (Å²) in [6, 6.07) is 0. The van der Waals surface area contributed by atoms with E-state index in [2.05, 4.69) is 0 Å². The third-order valence-corrected chi connectivity index (χ3v) is 5.07. The molecule has 45 heavy (non-hydrogen) atoms. The Morgan fingerprint density at radius 2 is 0.511 bits per heavy atom. The summed E-state index contributed by atoms with van der Waals surface area (Å²) in [4.78, 5) is 109. The monoisotopic (exact) mass is 650 g/mol. The Kier molecular flexibility index (Phi) is 17.4. The minimum atomic E-state index is -2.12. The number of esters is 9. The molecule has 0 rings (SSSR count). The Hall–Kier alpha value is -4.77. The van der Waals surface area contributed by atoms with Crippen LogP contribution in [0, 0.1) is 0 Å². The van der Waals surface area contributed by atoms with Crippen molar-refractivity contribution in [3.63, 3.8) is 0 Å². The van der Waals surface area contributed by atoms with Crippen LogP contribution in [0.4, 0.5) is 0 Å². The van der Waals surface area contributed by atoms with Gasteiger partial charge in [0, 0.05) is 62.3 Å². The van der Waals surface area contributed by atoms with Crippen LogP contribution in [0.2, 0.25) is 0 Å². The Balaban J connectivity index is 7.68. The van der Waals surface area contributed by atoms with Crippen LogP contribution >= 0.6 is 0 Å². The summed E-state index contributed by atoms with van der Waals surface area (Å²) in [7, 11) is 0. The fourth-order valence-corrected chi connectivity index (χ4v) is 3.85. The van der Waals surface area contributed by atoms with Crippen molar-refractivity contribution in [2.75, 3.05) is 13.2 Å². The molecule has 0 aliphatic heterocycles. The number of ether oxygens (including phenoxy) is 9. The van der Waals surface area contributed by atoms with E-state index in [1.54, 1.807) is 0 Å². The SMILES string of the molecule is CC(=O)OC[C@@H](OC(C)=O)[C@H](OC(C)=O)[C@H](OC(C)=O)C(OC(C)=O)[C@@H](OC(C)=O)[C@H](OC(C)=O)[C@@H](COC(C)=O)OC(C)=O. The summed E-state index contributed by atoms with van der Waals surface area (Å²) >= 11 is 0. The van der Waals surface area contributed by atoms with Crippen LogP contribution in [0.1, 0.15) is 62.3 Å². The zero-order valence-electron chi connectivity index (χ0n) is 26.3. The van der Waals surface area contributed by atoms with E-state index < -0.39 is 110 Å². The molecule has 0 aromatic heterocycles. The zero-order valence-corrected chi connectivity index (χ0v) is 26.3. The maximum absolute atomic E-state index is 12.4. The van der Waals surface area contributed by atoms with Crippen molar-refractivity contribution >= 4 is 53.7 Å². The highest BCUT2D eigenvalue weighted by molar-refractivity contribution is 5.71. The second kappa shape index (κ2) is 19.5. The molecule has 7 atom stereocenters. The third kappa shape index (κ3) is 16.6. The van der Waals surface area contributed by atoms with Gasteiger partial charge in [0.2, 0.25) is 0 Å². The van der Waals surface area contributed by atoms with Crippen LogP contribution in [-0.2, 0) is 85.8 Å². The lowest BCUT2D eigenvalue weighted by molar-refractivity contribution is -0.229. The van der Waals surface area contributed by atoms with Crippen molar-refractivity contribution in [3.8, 4) is 0 Å². The van der Waals surface area contributed by atoms with Gasteiger partial charge in [0.25, 0.3) is 0 Å². The van der Waals surface area contributed by atoms with Gasteiger partial charge in [-0.3, -0.25) is 43.2 Å². The van der Waals surface area contributed by atoms with Crippen molar-refractivity contribution in [3.05, 3.63) is 0 Å². The molecule has 0 fully saturated rings. The van der Waals surface area contributed by atoms with Crippen molar-refractivity contribution in [2.24, 2.45) is 0 Å². The molecule has 0 spiro atoms. The molecule has 0 aromatic rings. The van der Waals surface area contributed by atoms with Gasteiger partial charge in [-0.25, -0.2) is 0 Å². The Morgan fingerprint density at radius 1 is 0.311 bits per heavy atom. The number of hydrogen-bond donors (Lipinski definition) is 0. The fourth-order valence-electron chi connectivity index (χ4n) is 3.85. The molecular weight excluding hydrogens is 612 g/mol. The number of rotatable bonds is 17. The average Bonchev–Trinajstić information content (AvgIpc) is 2.86. The van der Waals surface area contributed by atoms with E-state index in [1.807, 2.05) is 0 Å². The highest BCUT2D eigenvalue weighted by Gasteiger charge is 2.53. The first-order valence-electron chi connectivity index (χ1n) is 13.2. The number of carbonyl (C=O) groups excluding carboxylic acids is 9. The second-order valence-electron chi connectivity index (χ2n) is 9.27. The minimum absolute atomic E-state index is 0.786. The lowest BCUT2D eigenvalue weighted by atomic mass is 9.93. The first-order chi connectivity index (χ1) is 20.7. The summed E-state index contributed by atoms with van der Waals surface area (Å²) in [5.41, 5.74) is 0. The minimum Gasteiger partial charge on any atom is -0.462 e. The van der Waals surface area contributed by atoms with Gasteiger partial charge in [-0.05, 0) is 0 Å². The quantitative estimate of drug-likeness (QED) is 0.144. The molecular formula is C27H38O18. The van der Waals surface area contributed by atoms with Crippen molar-refractivity contribution < 1.29 is 85.8 Å². The largest absolute Gasteiger partial charge is 0.462 e. The van der Waals surface area contributed by atoms with E-state index in [0.29, 0.717) is 0 Å². The van der Waals surface area contributed by atoms with Crippen LogP contribution in [0.5, 0.6) is 0 Å². The van der Waals surface area contributed by atoms with E-state index in [4.69, 9.17) is 42.6 Å². The predicted octanol–water partition coefficient (Wildman–Crippen LogP) is -0.365. The molecule has 0 heterocycles. The second-order valence-corrected chi connectivity index (χ2v) is 9.27. The van der Waals surface area contributed by atoms with Gasteiger partial charge in [0.15, 0.2) is 42.7 Å². The third-order valence-electron chi connectivity index (χ3n) is 5.07. The summed E-state index contributed by atoms with van der Waals surface area (Å²) in [5, 5.41) is 0. The Bertz CT molecular complexity index is 1040. The molecule has 18 heteroatoms. The van der Waals surface area contributed by atoms with Crippen LogP contribution in [-0.4, -0.2) is 110 Å². The zero-order chi connectivity index (χ0) is 35.0. The molecule has 1 unspecified atom stereocenters. The van der Waals surface area contributed by atoms with E-state index in [1.165, 1.54) is 0 Å². The average molecular weight is 651 g/mol. The molecule has 0 amide bonds. The van der Waals surface area contributed by atoms with Crippen molar-refractivity contribution in [1.82, 2.24) is 0 Å². The van der Waals surface area contributed by atoms with Crippen molar-refractivity contribution in [2.45, 2.75) is 105 Å². The molecule has 0 saturated heterocycles. The summed E-state index contributed by atoms with van der Waals surface area (Å²) in [5.74, 6) is -9.16. The molecule has 0 bridgehead atoms. The normalized spacial score (nSPS) is 14.5. The predicted molar refractivity (Wildman–Crippen MR) is 142 cm³/mol.